The van der Waals surface area contributed by atoms with Crippen molar-refractivity contribution in [2.45, 2.75) is 4.71 Å². The Morgan fingerprint density at radius 2 is 2.00 bits per heavy atom. The third-order valence-corrected chi connectivity index (χ3v) is 0.372. The second kappa shape index (κ2) is 2.74. The molecule has 0 aliphatic carbocycles. The summed E-state index contributed by atoms with van der Waals surface area (Å²) in [6.45, 7) is 0.583. The number of rotatable bonds is 1. The molecule has 4 N–H and O–H groups in total. The quantitative estimate of drug-likeness (QED) is 0.362. The molecule has 1 atom stereocenters. The van der Waals surface area contributed by atoms with Crippen molar-refractivity contribution in [3.05, 3.63) is 0 Å². The minimum atomic E-state index is 0.162. The van der Waals surface area contributed by atoms with E-state index in [4.69, 9.17) is 11.5 Å². The molecular formula is C2H7LiN2. The summed E-state index contributed by atoms with van der Waals surface area (Å²) in [6, 6.07) is 0. The van der Waals surface area contributed by atoms with Gasteiger partial charge in [0.2, 0.25) is 0 Å². The molecule has 0 fully saturated rings. The van der Waals surface area contributed by atoms with Crippen molar-refractivity contribution in [2.75, 3.05) is 6.54 Å². The Balaban J connectivity index is 2.54. The van der Waals surface area contributed by atoms with E-state index in [1.54, 1.807) is 0 Å². The topological polar surface area (TPSA) is 52.0 Å². The van der Waals surface area contributed by atoms with Crippen LogP contribution in [0.15, 0.2) is 0 Å². The molecule has 1 unspecified atom stereocenters. The second-order valence-corrected chi connectivity index (χ2v) is 1.21. The molecular weight excluding hydrogens is 59.0 g/mol. The van der Waals surface area contributed by atoms with Crippen LogP contribution in [0.4, 0.5) is 0 Å². The molecule has 0 aromatic rings. The molecule has 0 rings (SSSR count). The van der Waals surface area contributed by atoms with E-state index in [0.29, 0.717) is 6.54 Å². The fourth-order valence-corrected chi connectivity index (χ4v) is 0. The van der Waals surface area contributed by atoms with Gasteiger partial charge in [0.1, 0.15) is 0 Å². The first kappa shape index (κ1) is 5.52. The molecule has 0 spiro atoms. The summed E-state index contributed by atoms with van der Waals surface area (Å²) in [5.41, 5.74) is 10.2. The van der Waals surface area contributed by atoms with E-state index in [-0.39, 0.29) is 4.71 Å². The molecule has 0 saturated carbocycles. The summed E-state index contributed by atoms with van der Waals surface area (Å²) in [5.74, 6) is 0. The van der Waals surface area contributed by atoms with Crippen molar-refractivity contribution in [1.82, 2.24) is 0 Å². The van der Waals surface area contributed by atoms with Crippen molar-refractivity contribution in [2.24, 2.45) is 11.5 Å². The van der Waals surface area contributed by atoms with E-state index in [0.717, 1.165) is 0 Å². The van der Waals surface area contributed by atoms with Gasteiger partial charge in [0.05, 0.1) is 0 Å². The van der Waals surface area contributed by atoms with Gasteiger partial charge in [0.15, 0.2) is 0 Å². The van der Waals surface area contributed by atoms with Crippen LogP contribution in [0.1, 0.15) is 0 Å². The Bertz CT molecular complexity index is 21.6. The van der Waals surface area contributed by atoms with Gasteiger partial charge in [-0.25, -0.2) is 0 Å². The van der Waals surface area contributed by atoms with Gasteiger partial charge in [-0.3, -0.25) is 0 Å². The van der Waals surface area contributed by atoms with Crippen LogP contribution in [0.5, 0.6) is 0 Å². The second-order valence-electron chi connectivity index (χ2n) is 1.21. The maximum absolute atomic E-state index is 5.17. The van der Waals surface area contributed by atoms with Crippen LogP contribution in [0.25, 0.3) is 0 Å². The number of hydrogen-bond donors (Lipinski definition) is 2. The van der Waals surface area contributed by atoms with Crippen LogP contribution in [0.2, 0.25) is 0 Å². The first-order valence-electron chi connectivity index (χ1n) is 1.73. The van der Waals surface area contributed by atoms with Gasteiger partial charge in [0.25, 0.3) is 0 Å². The molecule has 0 saturated heterocycles. The van der Waals surface area contributed by atoms with Crippen LogP contribution in [-0.4, -0.2) is 29.0 Å². The Morgan fingerprint density at radius 1 is 1.80 bits per heavy atom. The van der Waals surface area contributed by atoms with Crippen LogP contribution in [-0.2, 0) is 0 Å². The summed E-state index contributed by atoms with van der Waals surface area (Å²) in [5, 5.41) is 0. The summed E-state index contributed by atoms with van der Waals surface area (Å²) in [4.78, 5) is 0. The molecule has 0 amide bonds. The molecule has 0 aromatic carbocycles. The molecule has 5 heavy (non-hydrogen) atoms. The third kappa shape index (κ3) is 4.52. The zero-order valence-electron chi connectivity index (χ0n) is 3.44. The van der Waals surface area contributed by atoms with Gasteiger partial charge in [0, 0.05) is 0 Å². The van der Waals surface area contributed by atoms with Gasteiger partial charge in [-0.2, -0.15) is 0 Å². The molecule has 0 aliphatic rings. The molecule has 0 heterocycles. The van der Waals surface area contributed by atoms with Gasteiger partial charge >= 0.3 is 40.4 Å². The summed E-state index contributed by atoms with van der Waals surface area (Å²) < 4.78 is 0.162. The predicted molar refractivity (Wildman–Crippen MR) is 22.8 cm³/mol. The van der Waals surface area contributed by atoms with E-state index >= 15 is 0 Å². The predicted octanol–water partition coefficient (Wildman–Crippen LogP) is -1.60. The number of hydrogen-bond acceptors (Lipinski definition) is 2. The van der Waals surface area contributed by atoms with Crippen LogP contribution < -0.4 is 11.5 Å². The van der Waals surface area contributed by atoms with Crippen LogP contribution in [0, 0.1) is 0 Å². The Kier molecular flexibility index (Phi) is 3.02. The Morgan fingerprint density at radius 3 is 2.00 bits per heavy atom. The van der Waals surface area contributed by atoms with Crippen molar-refractivity contribution < 1.29 is 0 Å². The van der Waals surface area contributed by atoms with Gasteiger partial charge in [-0.05, 0) is 0 Å². The molecule has 26 valence electrons. The Labute approximate surface area is 41.1 Å². The van der Waals surface area contributed by atoms with E-state index in [1.165, 1.54) is 0 Å². The maximum atomic E-state index is 5.17. The van der Waals surface area contributed by atoms with Crippen molar-refractivity contribution in [1.29, 1.82) is 0 Å². The van der Waals surface area contributed by atoms with E-state index < -0.39 is 0 Å². The molecule has 0 radical (unpaired) electrons. The normalized spacial score (nSPS) is 15.2. The van der Waals surface area contributed by atoms with Gasteiger partial charge < -0.3 is 0 Å². The summed E-state index contributed by atoms with van der Waals surface area (Å²) in [6.07, 6.45) is 0. The number of nitrogens with two attached hydrogens (primary N) is 2. The van der Waals surface area contributed by atoms with E-state index in [1.807, 2.05) is 17.7 Å². The van der Waals surface area contributed by atoms with Gasteiger partial charge in [-0.1, -0.05) is 0 Å². The van der Waals surface area contributed by atoms with E-state index in [2.05, 4.69) is 0 Å². The molecule has 0 aromatic heterocycles. The molecule has 0 aliphatic heterocycles. The minimum absolute atomic E-state index is 0.162. The third-order valence-electron chi connectivity index (χ3n) is 0.372. The summed E-state index contributed by atoms with van der Waals surface area (Å²) >= 11 is 1.88. The fraction of sp³-hybridized carbons (Fsp3) is 1.00. The van der Waals surface area contributed by atoms with E-state index in [9.17, 15) is 0 Å². The zero-order chi connectivity index (χ0) is 4.28. The zero-order valence-corrected chi connectivity index (χ0v) is 3.44. The van der Waals surface area contributed by atoms with Crippen LogP contribution in [0.3, 0.4) is 0 Å². The van der Waals surface area contributed by atoms with Gasteiger partial charge in [-0.15, -0.1) is 0 Å². The van der Waals surface area contributed by atoms with Crippen LogP contribution >= 0.6 is 0 Å². The molecule has 2 nitrogen and oxygen atoms in total. The fourth-order valence-electron chi connectivity index (χ4n) is 0. The average molecular weight is 66.0 g/mol. The first-order chi connectivity index (χ1) is 2.27. The van der Waals surface area contributed by atoms with Crippen molar-refractivity contribution in [3.63, 3.8) is 0 Å². The Hall–Kier alpha value is 0.517. The average Bonchev–Trinajstić information content (AvgIpc) is 1.38. The first-order valence-corrected chi connectivity index (χ1v) is 1.73. The van der Waals surface area contributed by atoms with Crippen molar-refractivity contribution >= 4 is 17.7 Å². The monoisotopic (exact) mass is 66.1 g/mol. The van der Waals surface area contributed by atoms with Crippen molar-refractivity contribution in [3.8, 4) is 0 Å². The molecule has 3 heteroatoms. The molecule has 0 bridgehead atoms. The summed E-state index contributed by atoms with van der Waals surface area (Å²) in [7, 11) is 0. The SMILES string of the molecule is [Li][CH](N)CN. The standard InChI is InChI=1S/C2H7N2.Li/c3-1-2-4;/h1H,2-4H2;.